The van der Waals surface area contributed by atoms with Crippen molar-refractivity contribution in [3.8, 4) is 0 Å². The number of rotatable bonds is 0. The van der Waals surface area contributed by atoms with E-state index in [0.29, 0.717) is 5.70 Å². The molecular weight excluding hydrogens is 152 g/mol. The van der Waals surface area contributed by atoms with Gasteiger partial charge in [-0.15, -0.1) is 0 Å². The topological polar surface area (TPSA) is 72.2 Å². The quantitative estimate of drug-likeness (QED) is 0.504. The maximum atomic E-state index is 10.8. The second-order valence-electron chi connectivity index (χ2n) is 2.85. The number of hydrogen-bond donors (Lipinski definition) is 2. The van der Waals surface area contributed by atoms with Crippen LogP contribution in [0.1, 0.15) is 13.8 Å². The predicted octanol–water partition coefficient (Wildman–Crippen LogP) is -0.502. The first-order chi connectivity index (χ1) is 4.33. The van der Waals surface area contributed by atoms with Gasteiger partial charge in [0.05, 0.1) is 10.9 Å². The molecule has 5 heteroatoms. The van der Waals surface area contributed by atoms with Crippen molar-refractivity contribution in [1.29, 1.82) is 0 Å². The van der Waals surface area contributed by atoms with Crippen LogP contribution in [0.15, 0.2) is 11.1 Å². The molecule has 0 bridgehead atoms. The summed E-state index contributed by atoms with van der Waals surface area (Å²) < 4.78 is 24.0. The van der Waals surface area contributed by atoms with Crippen molar-refractivity contribution in [2.45, 2.75) is 19.4 Å². The van der Waals surface area contributed by atoms with E-state index < -0.39 is 15.6 Å². The maximum Gasteiger partial charge on any atom is 0.236 e. The van der Waals surface area contributed by atoms with Gasteiger partial charge in [0.25, 0.3) is 0 Å². The minimum absolute atomic E-state index is 0.354. The summed E-state index contributed by atoms with van der Waals surface area (Å²) in [7, 11) is -3.24. The van der Waals surface area contributed by atoms with Crippen LogP contribution >= 0.6 is 0 Å². The van der Waals surface area contributed by atoms with Crippen molar-refractivity contribution >= 4 is 10.0 Å². The normalized spacial score (nSPS) is 28.0. The molecule has 0 fully saturated rings. The van der Waals surface area contributed by atoms with Crippen LogP contribution in [-0.2, 0) is 10.0 Å². The molecule has 10 heavy (non-hydrogen) atoms. The molecule has 0 saturated carbocycles. The number of nitrogens with one attached hydrogen (secondary N) is 1. The van der Waals surface area contributed by atoms with E-state index in [9.17, 15) is 8.42 Å². The van der Waals surface area contributed by atoms with Crippen molar-refractivity contribution in [3.05, 3.63) is 11.1 Å². The minimum atomic E-state index is -3.24. The molecule has 0 saturated heterocycles. The average Bonchev–Trinajstić information content (AvgIpc) is 1.73. The second-order valence-corrected chi connectivity index (χ2v) is 4.38. The Morgan fingerprint density at radius 3 is 2.20 bits per heavy atom. The maximum absolute atomic E-state index is 10.8. The highest BCUT2D eigenvalue weighted by Crippen LogP contribution is 2.19. The first kappa shape index (κ1) is 7.56. The Morgan fingerprint density at radius 2 is 2.10 bits per heavy atom. The van der Waals surface area contributed by atoms with Gasteiger partial charge in [0.2, 0.25) is 10.0 Å². The lowest BCUT2D eigenvalue weighted by molar-refractivity contribution is 0.530. The Hall–Kier alpha value is -0.550. The summed E-state index contributed by atoms with van der Waals surface area (Å²) in [6.45, 7) is 3.42. The van der Waals surface area contributed by atoms with Crippen molar-refractivity contribution in [2.24, 2.45) is 5.73 Å². The highest BCUT2D eigenvalue weighted by atomic mass is 32.2. The van der Waals surface area contributed by atoms with E-state index in [-0.39, 0.29) is 0 Å². The van der Waals surface area contributed by atoms with E-state index in [1.54, 1.807) is 13.8 Å². The van der Waals surface area contributed by atoms with Crippen LogP contribution in [0, 0.1) is 0 Å². The van der Waals surface area contributed by atoms with E-state index >= 15 is 0 Å². The number of sulfonamides is 1. The molecule has 1 aliphatic heterocycles. The lowest BCUT2D eigenvalue weighted by atomic mass is 10.1. The summed E-state index contributed by atoms with van der Waals surface area (Å²) in [6, 6.07) is 0. The fourth-order valence-electron chi connectivity index (χ4n) is 0.759. The molecule has 0 spiro atoms. The summed E-state index contributed by atoms with van der Waals surface area (Å²) in [5.74, 6) is 0. The van der Waals surface area contributed by atoms with Crippen LogP contribution in [0.25, 0.3) is 0 Å². The molecule has 0 aromatic rings. The van der Waals surface area contributed by atoms with Crippen LogP contribution < -0.4 is 10.5 Å². The second kappa shape index (κ2) is 1.73. The molecule has 1 rings (SSSR count). The largest absolute Gasteiger partial charge is 0.400 e. The Morgan fingerprint density at radius 1 is 1.60 bits per heavy atom. The molecule has 0 radical (unpaired) electrons. The van der Waals surface area contributed by atoms with Crippen molar-refractivity contribution in [3.63, 3.8) is 0 Å². The van der Waals surface area contributed by atoms with E-state index in [4.69, 9.17) is 5.73 Å². The molecule has 0 aromatic carbocycles. The van der Waals surface area contributed by atoms with Gasteiger partial charge in [-0.2, -0.15) is 0 Å². The Kier molecular flexibility index (Phi) is 1.31. The third-order valence-electron chi connectivity index (χ3n) is 1.40. The SMILES string of the molecule is CC1(C)NS(=O)(=O)C=C1N. The third kappa shape index (κ3) is 1.15. The lowest BCUT2D eigenvalue weighted by Gasteiger charge is -2.17. The van der Waals surface area contributed by atoms with Gasteiger partial charge in [0.15, 0.2) is 0 Å². The fraction of sp³-hybridized carbons (Fsp3) is 0.600. The van der Waals surface area contributed by atoms with Crippen LogP contribution in [0.5, 0.6) is 0 Å². The summed E-state index contributed by atoms with van der Waals surface area (Å²) >= 11 is 0. The minimum Gasteiger partial charge on any atom is -0.400 e. The zero-order valence-electron chi connectivity index (χ0n) is 5.88. The zero-order chi connectivity index (χ0) is 7.99. The van der Waals surface area contributed by atoms with Gasteiger partial charge >= 0.3 is 0 Å². The Bertz CT molecular complexity index is 276. The number of hydrogen-bond acceptors (Lipinski definition) is 3. The first-order valence-electron chi connectivity index (χ1n) is 2.85. The highest BCUT2D eigenvalue weighted by Gasteiger charge is 2.33. The molecule has 3 N–H and O–H groups in total. The molecule has 4 nitrogen and oxygen atoms in total. The smallest absolute Gasteiger partial charge is 0.236 e. The van der Waals surface area contributed by atoms with Gasteiger partial charge in [0.1, 0.15) is 0 Å². The molecule has 0 atom stereocenters. The van der Waals surface area contributed by atoms with Gasteiger partial charge in [-0.05, 0) is 13.8 Å². The molecule has 0 aromatic heterocycles. The van der Waals surface area contributed by atoms with Gasteiger partial charge < -0.3 is 5.73 Å². The average molecular weight is 162 g/mol. The summed E-state index contributed by atoms with van der Waals surface area (Å²) in [6.07, 6.45) is 0. The van der Waals surface area contributed by atoms with Crippen LogP contribution in [0.2, 0.25) is 0 Å². The number of nitrogens with two attached hydrogens (primary N) is 1. The van der Waals surface area contributed by atoms with E-state index in [2.05, 4.69) is 4.72 Å². The molecule has 1 aliphatic rings. The lowest BCUT2D eigenvalue weighted by Crippen LogP contribution is -2.40. The molecule has 0 aliphatic carbocycles. The van der Waals surface area contributed by atoms with E-state index in [1.807, 2.05) is 0 Å². The third-order valence-corrected chi connectivity index (χ3v) is 2.76. The summed E-state index contributed by atoms with van der Waals surface area (Å²) in [5, 5.41) is 1.05. The van der Waals surface area contributed by atoms with Crippen LogP contribution in [0.4, 0.5) is 0 Å². The molecule has 1 heterocycles. The highest BCUT2D eigenvalue weighted by molar-refractivity contribution is 7.92. The van der Waals surface area contributed by atoms with E-state index in [1.165, 1.54) is 0 Å². The van der Waals surface area contributed by atoms with Gasteiger partial charge in [0, 0.05) is 5.70 Å². The Labute approximate surface area is 60.2 Å². The summed E-state index contributed by atoms with van der Waals surface area (Å²) in [5.41, 5.74) is 5.15. The Balaban J connectivity index is 3.12. The molecule has 0 amide bonds. The van der Waals surface area contributed by atoms with Crippen molar-refractivity contribution in [2.75, 3.05) is 0 Å². The fourth-order valence-corrected chi connectivity index (χ4v) is 2.28. The molecule has 0 unspecified atom stereocenters. The monoisotopic (exact) mass is 162 g/mol. The van der Waals surface area contributed by atoms with Gasteiger partial charge in [-0.3, -0.25) is 0 Å². The first-order valence-corrected chi connectivity index (χ1v) is 4.40. The van der Waals surface area contributed by atoms with Crippen LogP contribution in [0.3, 0.4) is 0 Å². The zero-order valence-corrected chi connectivity index (χ0v) is 6.70. The van der Waals surface area contributed by atoms with Gasteiger partial charge in [-0.25, -0.2) is 13.1 Å². The molecular formula is C5H10N2O2S. The van der Waals surface area contributed by atoms with Gasteiger partial charge in [-0.1, -0.05) is 0 Å². The van der Waals surface area contributed by atoms with Crippen LogP contribution in [-0.4, -0.2) is 14.0 Å². The van der Waals surface area contributed by atoms with Crippen molar-refractivity contribution < 1.29 is 8.42 Å². The molecule has 58 valence electrons. The standard InChI is InChI=1S/C5H10N2O2S/c1-5(2)4(6)3-10(8,9)7-5/h3,7H,6H2,1-2H3. The summed E-state index contributed by atoms with van der Waals surface area (Å²) in [4.78, 5) is 0. The predicted molar refractivity (Wildman–Crippen MR) is 38.4 cm³/mol. The van der Waals surface area contributed by atoms with E-state index in [0.717, 1.165) is 5.41 Å². The van der Waals surface area contributed by atoms with Crippen molar-refractivity contribution in [1.82, 2.24) is 4.72 Å².